The van der Waals surface area contributed by atoms with E-state index >= 15 is 0 Å². The van der Waals surface area contributed by atoms with Crippen molar-refractivity contribution in [2.45, 2.75) is 13.8 Å². The van der Waals surface area contributed by atoms with Crippen molar-refractivity contribution >= 4 is 23.0 Å². The monoisotopic (exact) mass is 359 g/mol. The standard InChI is InChI=1S/C22H25N5/c1-17-8-6-7-11-20(17)25-21-16-22(24-18(2)23-21)27-14-12-26(13-15-27)19-9-4-3-5-10-19/h3-11,16H,12-15H2,1-2H3,(H,23,24,25). The van der Waals surface area contributed by atoms with Gasteiger partial charge in [-0.2, -0.15) is 0 Å². The van der Waals surface area contributed by atoms with Crippen LogP contribution in [0.1, 0.15) is 11.4 Å². The Morgan fingerprint density at radius 2 is 1.44 bits per heavy atom. The second-order valence-corrected chi connectivity index (χ2v) is 6.91. The number of piperazine rings is 1. The second-order valence-electron chi connectivity index (χ2n) is 6.91. The molecule has 1 aliphatic rings. The number of aromatic nitrogens is 2. The van der Waals surface area contributed by atoms with E-state index in [1.165, 1.54) is 11.3 Å². The molecule has 1 aromatic heterocycles. The van der Waals surface area contributed by atoms with Gasteiger partial charge < -0.3 is 15.1 Å². The smallest absolute Gasteiger partial charge is 0.136 e. The van der Waals surface area contributed by atoms with Crippen LogP contribution in [0.15, 0.2) is 60.7 Å². The molecule has 138 valence electrons. The number of hydrogen-bond donors (Lipinski definition) is 1. The first-order valence-electron chi connectivity index (χ1n) is 9.42. The molecule has 0 unspecified atom stereocenters. The largest absolute Gasteiger partial charge is 0.368 e. The molecular formula is C22H25N5. The van der Waals surface area contributed by atoms with Crippen molar-refractivity contribution in [1.29, 1.82) is 0 Å². The number of nitrogens with zero attached hydrogens (tertiary/aromatic N) is 4. The minimum atomic E-state index is 0.786. The van der Waals surface area contributed by atoms with Crippen LogP contribution in [0, 0.1) is 13.8 Å². The molecule has 2 heterocycles. The van der Waals surface area contributed by atoms with Crippen LogP contribution in [-0.2, 0) is 0 Å². The molecule has 1 aliphatic heterocycles. The van der Waals surface area contributed by atoms with Crippen molar-refractivity contribution in [2.75, 3.05) is 41.3 Å². The average Bonchev–Trinajstić information content (AvgIpc) is 2.70. The van der Waals surface area contributed by atoms with Crippen molar-refractivity contribution in [2.24, 2.45) is 0 Å². The van der Waals surface area contributed by atoms with Crippen molar-refractivity contribution < 1.29 is 0 Å². The van der Waals surface area contributed by atoms with Crippen LogP contribution >= 0.6 is 0 Å². The molecule has 0 spiro atoms. The van der Waals surface area contributed by atoms with Gasteiger partial charge in [-0.1, -0.05) is 36.4 Å². The molecule has 0 radical (unpaired) electrons. The lowest BCUT2D eigenvalue weighted by Gasteiger charge is -2.36. The Bertz CT molecular complexity index is 902. The number of nitrogens with one attached hydrogen (secondary N) is 1. The molecule has 0 atom stereocenters. The molecule has 3 aromatic rings. The van der Waals surface area contributed by atoms with E-state index in [9.17, 15) is 0 Å². The summed E-state index contributed by atoms with van der Waals surface area (Å²) in [7, 11) is 0. The Morgan fingerprint density at radius 3 is 2.19 bits per heavy atom. The second kappa shape index (κ2) is 7.66. The Balaban J connectivity index is 1.48. The van der Waals surface area contributed by atoms with Gasteiger partial charge >= 0.3 is 0 Å². The predicted molar refractivity (Wildman–Crippen MR) is 112 cm³/mol. The van der Waals surface area contributed by atoms with Crippen LogP contribution in [0.2, 0.25) is 0 Å². The number of hydrogen-bond acceptors (Lipinski definition) is 5. The van der Waals surface area contributed by atoms with Gasteiger partial charge in [-0.3, -0.25) is 0 Å². The molecule has 5 nitrogen and oxygen atoms in total. The van der Waals surface area contributed by atoms with Gasteiger partial charge in [-0.15, -0.1) is 0 Å². The highest BCUT2D eigenvalue weighted by atomic mass is 15.3. The van der Waals surface area contributed by atoms with Gasteiger partial charge in [0.15, 0.2) is 0 Å². The van der Waals surface area contributed by atoms with E-state index in [1.54, 1.807) is 0 Å². The zero-order valence-corrected chi connectivity index (χ0v) is 15.9. The third kappa shape index (κ3) is 4.03. The summed E-state index contributed by atoms with van der Waals surface area (Å²) in [6, 6.07) is 20.9. The third-order valence-electron chi connectivity index (χ3n) is 4.96. The van der Waals surface area contributed by atoms with Crippen LogP contribution in [0.4, 0.5) is 23.0 Å². The SMILES string of the molecule is Cc1nc(Nc2ccccc2C)cc(N2CCN(c3ccccc3)CC2)n1. The summed E-state index contributed by atoms with van der Waals surface area (Å²) in [6.45, 7) is 7.94. The predicted octanol–water partition coefficient (Wildman–Crippen LogP) is 4.16. The zero-order chi connectivity index (χ0) is 18.6. The van der Waals surface area contributed by atoms with Crippen LogP contribution < -0.4 is 15.1 Å². The van der Waals surface area contributed by atoms with E-state index in [-0.39, 0.29) is 0 Å². The molecule has 0 bridgehead atoms. The first kappa shape index (κ1) is 17.3. The fourth-order valence-corrected chi connectivity index (χ4v) is 3.46. The van der Waals surface area contributed by atoms with E-state index in [4.69, 9.17) is 0 Å². The van der Waals surface area contributed by atoms with Crippen molar-refractivity contribution in [1.82, 2.24) is 9.97 Å². The maximum atomic E-state index is 4.68. The highest BCUT2D eigenvalue weighted by Gasteiger charge is 2.19. The van der Waals surface area contributed by atoms with Gasteiger partial charge in [0.05, 0.1) is 0 Å². The number of anilines is 4. The molecule has 0 saturated carbocycles. The average molecular weight is 359 g/mol. The first-order valence-corrected chi connectivity index (χ1v) is 9.42. The van der Waals surface area contributed by atoms with E-state index in [1.807, 2.05) is 19.1 Å². The Labute approximate surface area is 160 Å². The lowest BCUT2D eigenvalue weighted by Crippen LogP contribution is -2.46. The van der Waals surface area contributed by atoms with Crippen LogP contribution in [0.25, 0.3) is 0 Å². The molecular weight excluding hydrogens is 334 g/mol. The first-order chi connectivity index (χ1) is 13.2. The summed E-state index contributed by atoms with van der Waals surface area (Å²) < 4.78 is 0. The summed E-state index contributed by atoms with van der Waals surface area (Å²) >= 11 is 0. The summed E-state index contributed by atoms with van der Waals surface area (Å²) in [5.41, 5.74) is 3.57. The fourth-order valence-electron chi connectivity index (χ4n) is 3.46. The Kier molecular flexibility index (Phi) is 4.92. The molecule has 0 amide bonds. The third-order valence-corrected chi connectivity index (χ3v) is 4.96. The Morgan fingerprint density at radius 1 is 0.778 bits per heavy atom. The number of aryl methyl sites for hydroxylation is 2. The molecule has 0 aliphatic carbocycles. The van der Waals surface area contributed by atoms with Gasteiger partial charge in [0, 0.05) is 43.6 Å². The van der Waals surface area contributed by atoms with Crippen molar-refractivity contribution in [3.8, 4) is 0 Å². The van der Waals surface area contributed by atoms with Crippen LogP contribution in [0.3, 0.4) is 0 Å². The van der Waals surface area contributed by atoms with Crippen LogP contribution in [-0.4, -0.2) is 36.1 Å². The van der Waals surface area contributed by atoms with Gasteiger partial charge in [-0.05, 0) is 37.6 Å². The zero-order valence-electron chi connectivity index (χ0n) is 15.9. The molecule has 1 N–H and O–H groups in total. The van der Waals surface area contributed by atoms with E-state index in [2.05, 4.69) is 80.5 Å². The van der Waals surface area contributed by atoms with Gasteiger partial charge in [0.2, 0.25) is 0 Å². The maximum absolute atomic E-state index is 4.68. The molecule has 2 aromatic carbocycles. The Hall–Kier alpha value is -3.08. The van der Waals surface area contributed by atoms with Gasteiger partial charge in [0.25, 0.3) is 0 Å². The summed E-state index contributed by atoms with van der Waals surface area (Å²) in [5, 5.41) is 3.44. The molecule has 27 heavy (non-hydrogen) atoms. The summed E-state index contributed by atoms with van der Waals surface area (Å²) in [6.07, 6.45) is 0. The lowest BCUT2D eigenvalue weighted by molar-refractivity contribution is 0.646. The van der Waals surface area contributed by atoms with E-state index in [0.29, 0.717) is 0 Å². The highest BCUT2D eigenvalue weighted by molar-refractivity contribution is 5.63. The van der Waals surface area contributed by atoms with Gasteiger partial charge in [0.1, 0.15) is 17.5 Å². The molecule has 1 saturated heterocycles. The minimum Gasteiger partial charge on any atom is -0.368 e. The van der Waals surface area contributed by atoms with Crippen molar-refractivity contribution in [3.05, 3.63) is 72.1 Å². The minimum absolute atomic E-state index is 0.786. The molecule has 4 rings (SSSR count). The van der Waals surface area contributed by atoms with Crippen LogP contribution in [0.5, 0.6) is 0 Å². The van der Waals surface area contributed by atoms with E-state index < -0.39 is 0 Å². The van der Waals surface area contributed by atoms with Gasteiger partial charge in [-0.25, -0.2) is 9.97 Å². The topological polar surface area (TPSA) is 44.3 Å². The lowest BCUT2D eigenvalue weighted by atomic mass is 10.2. The van der Waals surface area contributed by atoms with E-state index in [0.717, 1.165) is 49.3 Å². The number of para-hydroxylation sites is 2. The molecule has 1 fully saturated rings. The summed E-state index contributed by atoms with van der Waals surface area (Å²) in [4.78, 5) is 14.0. The number of rotatable bonds is 4. The van der Waals surface area contributed by atoms with Crippen molar-refractivity contribution in [3.63, 3.8) is 0 Å². The normalized spacial score (nSPS) is 14.3. The highest BCUT2D eigenvalue weighted by Crippen LogP contribution is 2.24. The maximum Gasteiger partial charge on any atom is 0.136 e. The quantitative estimate of drug-likeness (QED) is 0.758. The summed E-state index contributed by atoms with van der Waals surface area (Å²) in [5.74, 6) is 2.62. The molecule has 5 heteroatoms. The number of benzene rings is 2. The fraction of sp³-hybridized carbons (Fsp3) is 0.273.